The first-order chi connectivity index (χ1) is 17.0. The Kier molecular flexibility index (Phi) is 4.81. The summed E-state index contributed by atoms with van der Waals surface area (Å²) in [5.74, 6) is -0.339. The highest BCUT2D eigenvalue weighted by molar-refractivity contribution is 6.21. The smallest absolute Gasteiger partial charge is 0.261 e. The molecule has 0 saturated heterocycles. The minimum absolute atomic E-state index is 0.0287. The minimum Gasteiger partial charge on any atom is -0.438 e. The fourth-order valence-electron chi connectivity index (χ4n) is 4.40. The Hall–Kier alpha value is -4.59. The fourth-order valence-corrected chi connectivity index (χ4v) is 4.40. The van der Waals surface area contributed by atoms with Crippen LogP contribution in [0, 0.1) is 12.7 Å². The van der Waals surface area contributed by atoms with Gasteiger partial charge in [-0.05, 0) is 31.2 Å². The number of hydrogen-bond acceptors (Lipinski definition) is 5. The zero-order valence-electron chi connectivity index (χ0n) is 18.7. The van der Waals surface area contributed by atoms with Crippen molar-refractivity contribution in [2.24, 2.45) is 0 Å². The van der Waals surface area contributed by atoms with Crippen molar-refractivity contribution in [1.29, 1.82) is 0 Å². The summed E-state index contributed by atoms with van der Waals surface area (Å²) in [7, 11) is 0. The van der Waals surface area contributed by atoms with Crippen molar-refractivity contribution in [2.75, 3.05) is 0 Å². The molecule has 3 heterocycles. The van der Waals surface area contributed by atoms with Crippen molar-refractivity contribution < 1.29 is 18.4 Å². The van der Waals surface area contributed by atoms with Gasteiger partial charge in [0.1, 0.15) is 11.6 Å². The highest BCUT2D eigenvalue weighted by atomic mass is 19.1. The van der Waals surface area contributed by atoms with Crippen LogP contribution < -0.4 is 0 Å². The van der Waals surface area contributed by atoms with Crippen LogP contribution in [0.2, 0.25) is 0 Å². The summed E-state index contributed by atoms with van der Waals surface area (Å²) < 4.78 is 22.0. The number of para-hydroxylation sites is 1. The number of imide groups is 1. The van der Waals surface area contributed by atoms with Crippen molar-refractivity contribution >= 4 is 22.7 Å². The molecule has 0 N–H and O–H groups in total. The van der Waals surface area contributed by atoms with Gasteiger partial charge in [0.05, 0.1) is 35.4 Å². The van der Waals surface area contributed by atoms with E-state index >= 15 is 0 Å². The van der Waals surface area contributed by atoms with Gasteiger partial charge in [-0.3, -0.25) is 19.2 Å². The summed E-state index contributed by atoms with van der Waals surface area (Å²) in [5, 5.41) is 5.49. The number of amides is 2. The zero-order chi connectivity index (χ0) is 24.1. The van der Waals surface area contributed by atoms with Gasteiger partial charge in [-0.25, -0.2) is 9.37 Å². The Morgan fingerprint density at radius 3 is 2.26 bits per heavy atom. The van der Waals surface area contributed by atoms with E-state index in [2.05, 4.69) is 4.98 Å². The van der Waals surface area contributed by atoms with Gasteiger partial charge in [-0.1, -0.05) is 48.5 Å². The standard InChI is InChI=1S/C27H19FN4O3/c1-16-23(15-31-26(33)18-9-3-4-10-19(18)27(31)34)35-25(29-16)24-20-11-5-7-13-22(20)32(30-24)14-17-8-2-6-12-21(17)28/h2-13H,14-15H2,1H3. The number of oxazole rings is 1. The van der Waals surface area contributed by atoms with Crippen LogP contribution in [0.5, 0.6) is 0 Å². The molecule has 2 amide bonds. The Labute approximate surface area is 199 Å². The van der Waals surface area contributed by atoms with Crippen molar-refractivity contribution in [2.45, 2.75) is 20.0 Å². The molecule has 5 aromatic rings. The van der Waals surface area contributed by atoms with E-state index in [4.69, 9.17) is 9.52 Å². The van der Waals surface area contributed by atoms with Crippen LogP contribution in [0.1, 0.15) is 37.7 Å². The van der Waals surface area contributed by atoms with Crippen LogP contribution >= 0.6 is 0 Å². The molecule has 7 nitrogen and oxygen atoms in total. The molecule has 35 heavy (non-hydrogen) atoms. The molecule has 0 bridgehead atoms. The van der Waals surface area contributed by atoms with Gasteiger partial charge < -0.3 is 4.42 Å². The maximum Gasteiger partial charge on any atom is 0.261 e. The summed E-state index contributed by atoms with van der Waals surface area (Å²) >= 11 is 0. The molecule has 172 valence electrons. The molecule has 0 unspecified atom stereocenters. The fraction of sp³-hybridized carbons (Fsp3) is 0.111. The first-order valence-electron chi connectivity index (χ1n) is 11.1. The molecule has 8 heteroatoms. The first kappa shape index (κ1) is 21.0. The number of hydrogen-bond donors (Lipinski definition) is 0. The Bertz CT molecular complexity index is 1600. The quantitative estimate of drug-likeness (QED) is 0.341. The third-order valence-electron chi connectivity index (χ3n) is 6.21. The average molecular weight is 466 g/mol. The first-order valence-corrected chi connectivity index (χ1v) is 11.1. The number of benzene rings is 3. The second-order valence-electron chi connectivity index (χ2n) is 8.38. The summed E-state index contributed by atoms with van der Waals surface area (Å²) in [4.78, 5) is 31.3. The minimum atomic E-state index is -0.359. The summed E-state index contributed by atoms with van der Waals surface area (Å²) in [6.45, 7) is 1.98. The maximum atomic E-state index is 14.3. The van der Waals surface area contributed by atoms with E-state index in [0.717, 1.165) is 15.8 Å². The number of aromatic nitrogens is 3. The monoisotopic (exact) mass is 466 g/mol. The van der Waals surface area contributed by atoms with Gasteiger partial charge in [0, 0.05) is 10.9 Å². The Morgan fingerprint density at radius 2 is 1.51 bits per heavy atom. The molecule has 1 aliphatic rings. The van der Waals surface area contributed by atoms with Crippen molar-refractivity contribution in [3.05, 3.63) is 107 Å². The lowest BCUT2D eigenvalue weighted by atomic mass is 10.1. The topological polar surface area (TPSA) is 81.2 Å². The van der Waals surface area contributed by atoms with Crippen molar-refractivity contribution in [3.63, 3.8) is 0 Å². The molecule has 6 rings (SSSR count). The lowest BCUT2D eigenvalue weighted by Gasteiger charge is -2.11. The maximum absolute atomic E-state index is 14.3. The van der Waals surface area contributed by atoms with Crippen LogP contribution in [-0.4, -0.2) is 31.5 Å². The van der Waals surface area contributed by atoms with E-state index in [1.165, 1.54) is 6.07 Å². The Morgan fingerprint density at radius 1 is 0.857 bits per heavy atom. The lowest BCUT2D eigenvalue weighted by Crippen LogP contribution is -2.29. The lowest BCUT2D eigenvalue weighted by molar-refractivity contribution is 0.0631. The van der Waals surface area contributed by atoms with Crippen LogP contribution in [-0.2, 0) is 13.1 Å². The highest BCUT2D eigenvalue weighted by Gasteiger charge is 2.36. The van der Waals surface area contributed by atoms with E-state index in [9.17, 15) is 14.0 Å². The number of fused-ring (bicyclic) bond motifs is 2. The van der Waals surface area contributed by atoms with E-state index in [-0.39, 0.29) is 36.6 Å². The number of carbonyl (C=O) groups excluding carboxylic acids is 2. The predicted molar refractivity (Wildman–Crippen MR) is 126 cm³/mol. The van der Waals surface area contributed by atoms with E-state index < -0.39 is 0 Å². The number of halogens is 1. The zero-order valence-corrected chi connectivity index (χ0v) is 18.7. The largest absolute Gasteiger partial charge is 0.438 e. The van der Waals surface area contributed by atoms with Crippen LogP contribution in [0.3, 0.4) is 0 Å². The molecular formula is C27H19FN4O3. The van der Waals surface area contributed by atoms with Crippen molar-refractivity contribution in [1.82, 2.24) is 19.7 Å². The van der Waals surface area contributed by atoms with Gasteiger partial charge in [0.15, 0.2) is 5.69 Å². The van der Waals surface area contributed by atoms with Crippen LogP contribution in [0.4, 0.5) is 4.39 Å². The summed E-state index contributed by atoms with van der Waals surface area (Å²) in [5.41, 5.74) is 3.16. The SMILES string of the molecule is Cc1nc(-c2nn(Cc3ccccc3F)c3ccccc23)oc1CN1C(=O)c2ccccc2C1=O. The molecule has 2 aromatic heterocycles. The molecule has 0 fully saturated rings. The Balaban J connectivity index is 1.36. The normalized spacial score (nSPS) is 13.1. The number of nitrogens with zero attached hydrogens (tertiary/aromatic N) is 4. The van der Waals surface area contributed by atoms with Crippen LogP contribution in [0.15, 0.2) is 77.2 Å². The molecule has 0 atom stereocenters. The summed E-state index contributed by atoms with van der Waals surface area (Å²) in [6, 6.07) is 20.9. The number of rotatable bonds is 5. The van der Waals surface area contributed by atoms with Gasteiger partial charge >= 0.3 is 0 Å². The second kappa shape index (κ2) is 8.02. The summed E-state index contributed by atoms with van der Waals surface area (Å²) in [6.07, 6.45) is 0. The van der Waals surface area contributed by atoms with E-state index in [0.29, 0.717) is 33.8 Å². The third-order valence-corrected chi connectivity index (χ3v) is 6.21. The molecule has 0 spiro atoms. The second-order valence-corrected chi connectivity index (χ2v) is 8.38. The molecule has 0 aliphatic carbocycles. The van der Waals surface area contributed by atoms with Gasteiger partial charge in [0.2, 0.25) is 5.89 Å². The number of aryl methyl sites for hydroxylation is 1. The van der Waals surface area contributed by atoms with Gasteiger partial charge in [-0.2, -0.15) is 5.10 Å². The highest BCUT2D eigenvalue weighted by Crippen LogP contribution is 2.31. The van der Waals surface area contributed by atoms with Crippen LogP contribution in [0.25, 0.3) is 22.5 Å². The third kappa shape index (κ3) is 3.42. The van der Waals surface area contributed by atoms with Crippen molar-refractivity contribution in [3.8, 4) is 11.6 Å². The predicted octanol–water partition coefficient (Wildman–Crippen LogP) is 4.98. The van der Waals surface area contributed by atoms with E-state index in [1.54, 1.807) is 54.1 Å². The molecule has 0 saturated carbocycles. The van der Waals surface area contributed by atoms with E-state index in [1.807, 2.05) is 24.3 Å². The molecule has 1 aliphatic heterocycles. The average Bonchev–Trinajstić information content (AvgIpc) is 3.50. The van der Waals surface area contributed by atoms with Gasteiger partial charge in [0.25, 0.3) is 11.8 Å². The number of carbonyl (C=O) groups is 2. The molecule has 0 radical (unpaired) electrons. The van der Waals surface area contributed by atoms with Gasteiger partial charge in [-0.15, -0.1) is 0 Å². The molecule has 3 aromatic carbocycles. The molecular weight excluding hydrogens is 447 g/mol.